The Morgan fingerprint density at radius 2 is 1.09 bits per heavy atom. The van der Waals surface area contributed by atoms with Gasteiger partial charge in [-0.25, -0.2) is 4.39 Å². The maximum Gasteiger partial charge on any atom is 0.256 e. The molecule has 0 fully saturated rings. The van der Waals surface area contributed by atoms with Gasteiger partial charge in [-0.1, -0.05) is 27.7 Å². The molecule has 0 aromatic heterocycles. The van der Waals surface area contributed by atoms with Gasteiger partial charge in [0.25, 0.3) is 5.91 Å². The first-order valence-electron chi connectivity index (χ1n) is 11.4. The molecule has 0 radical (unpaired) electrons. The Hall–Kier alpha value is -1.66. The zero-order valence-corrected chi connectivity index (χ0v) is 20.4. The topological polar surface area (TPSA) is 121 Å². The number of amides is 2. The lowest BCUT2D eigenvalue weighted by Gasteiger charge is -2.12. The summed E-state index contributed by atoms with van der Waals surface area (Å²) in [5.74, 6) is -1.29. The van der Waals surface area contributed by atoms with Crippen LogP contribution in [0.5, 0.6) is 0 Å². The Bertz CT molecular complexity index is 535. The minimum absolute atomic E-state index is 0.0201. The smallest absolute Gasteiger partial charge is 0.256 e. The van der Waals surface area contributed by atoms with Gasteiger partial charge in [0, 0.05) is 18.4 Å². The first-order valence-corrected chi connectivity index (χ1v) is 11.4. The summed E-state index contributed by atoms with van der Waals surface area (Å²) in [7, 11) is 0. The van der Waals surface area contributed by atoms with Crippen LogP contribution in [0.25, 0.3) is 0 Å². The molecule has 0 heterocycles. The Morgan fingerprint density at radius 3 is 1.55 bits per heavy atom. The number of carbonyl (C=O) groups is 3. The van der Waals surface area contributed by atoms with Gasteiger partial charge in [-0.2, -0.15) is 0 Å². The van der Waals surface area contributed by atoms with Crippen molar-refractivity contribution in [2.24, 2.45) is 11.8 Å². The second-order valence-corrected chi connectivity index (χ2v) is 7.78. The Kier molecular flexibility index (Phi) is 19.9. The molecule has 0 aliphatic heterocycles. The van der Waals surface area contributed by atoms with E-state index in [-0.39, 0.29) is 49.8 Å². The van der Waals surface area contributed by atoms with E-state index in [0.717, 1.165) is 0 Å². The maximum atomic E-state index is 13.6. The number of nitrogens with one attached hydrogen (secondary N) is 2. The molecule has 0 aromatic carbocycles. The molecule has 1 unspecified atom stereocenters. The van der Waals surface area contributed by atoms with Crippen LogP contribution < -0.4 is 10.6 Å². The van der Waals surface area contributed by atoms with E-state index in [4.69, 9.17) is 23.7 Å². The molecule has 2 amide bonds. The maximum absolute atomic E-state index is 13.6. The lowest BCUT2D eigenvalue weighted by Crippen LogP contribution is -2.42. The summed E-state index contributed by atoms with van der Waals surface area (Å²) in [6.07, 6.45) is -1.80. The van der Waals surface area contributed by atoms with Gasteiger partial charge in [0.05, 0.1) is 66.0 Å². The molecular formula is C22H41FN2O8. The van der Waals surface area contributed by atoms with Crippen LogP contribution in [0.4, 0.5) is 4.39 Å². The van der Waals surface area contributed by atoms with Crippen molar-refractivity contribution in [3.8, 4) is 0 Å². The third-order valence-corrected chi connectivity index (χ3v) is 4.19. The molecule has 11 heteroatoms. The number of ether oxygens (including phenoxy) is 5. The van der Waals surface area contributed by atoms with Crippen LogP contribution in [0.15, 0.2) is 0 Å². The van der Waals surface area contributed by atoms with Crippen LogP contribution in [-0.2, 0) is 38.1 Å². The second kappa shape index (κ2) is 20.9. The Morgan fingerprint density at radius 1 is 0.636 bits per heavy atom. The van der Waals surface area contributed by atoms with Crippen molar-refractivity contribution in [1.82, 2.24) is 10.6 Å². The fourth-order valence-electron chi connectivity index (χ4n) is 2.06. The molecule has 0 aromatic rings. The second-order valence-electron chi connectivity index (χ2n) is 7.78. The summed E-state index contributed by atoms with van der Waals surface area (Å²) in [5, 5.41) is 4.78. The molecule has 0 aliphatic carbocycles. The average molecular weight is 481 g/mol. The first kappa shape index (κ1) is 31.3. The minimum atomic E-state index is -1.80. The monoisotopic (exact) mass is 480 g/mol. The number of carbonyl (C=O) groups excluding carboxylic acids is 3. The normalized spacial score (nSPS) is 12.2. The van der Waals surface area contributed by atoms with Gasteiger partial charge >= 0.3 is 0 Å². The Balaban J connectivity index is 3.33. The molecule has 33 heavy (non-hydrogen) atoms. The molecule has 2 N–H and O–H groups in total. The van der Waals surface area contributed by atoms with Crippen LogP contribution in [-0.4, -0.2) is 103 Å². The van der Waals surface area contributed by atoms with Crippen molar-refractivity contribution in [2.75, 3.05) is 79.2 Å². The molecule has 0 rings (SSSR count). The highest BCUT2D eigenvalue weighted by atomic mass is 19.1. The van der Waals surface area contributed by atoms with E-state index in [9.17, 15) is 18.8 Å². The summed E-state index contributed by atoms with van der Waals surface area (Å²) in [5.41, 5.74) is 0. The molecule has 0 aliphatic rings. The molecule has 1 atom stereocenters. The van der Waals surface area contributed by atoms with Gasteiger partial charge in [-0.3, -0.25) is 14.4 Å². The van der Waals surface area contributed by atoms with Gasteiger partial charge in [0.1, 0.15) is 6.61 Å². The standard InChI is InChI=1S/C22H41FN2O8/c1-17(2)20(26)16-33-14-13-32-12-11-31-10-9-30-8-7-29-6-5-24-22(28)19(23)15-25-21(27)18(3)4/h17-19H,5-16H2,1-4H3,(H,24,28)(H,25,27). The molecule has 10 nitrogen and oxygen atoms in total. The lowest BCUT2D eigenvalue weighted by molar-refractivity contribution is -0.128. The van der Waals surface area contributed by atoms with Crippen molar-refractivity contribution in [3.05, 3.63) is 0 Å². The third kappa shape index (κ3) is 19.5. The van der Waals surface area contributed by atoms with Crippen LogP contribution in [0, 0.1) is 11.8 Å². The van der Waals surface area contributed by atoms with E-state index in [2.05, 4.69) is 10.6 Å². The number of rotatable bonds is 22. The SMILES string of the molecule is CC(C)C(=O)COCCOCCOCCOCCOCCNC(=O)C(F)CNC(=O)C(C)C. The first-order chi connectivity index (χ1) is 15.8. The number of alkyl halides is 1. The lowest BCUT2D eigenvalue weighted by atomic mass is 10.1. The van der Waals surface area contributed by atoms with Crippen LogP contribution in [0.3, 0.4) is 0 Å². The number of ketones is 1. The Labute approximate surface area is 196 Å². The van der Waals surface area contributed by atoms with Gasteiger partial charge < -0.3 is 34.3 Å². The summed E-state index contributed by atoms with van der Waals surface area (Å²) in [6, 6.07) is 0. The highest BCUT2D eigenvalue weighted by molar-refractivity contribution is 5.83. The zero-order valence-electron chi connectivity index (χ0n) is 20.4. The molecule has 0 saturated carbocycles. The van der Waals surface area contributed by atoms with E-state index < -0.39 is 12.1 Å². The quantitative estimate of drug-likeness (QED) is 0.215. The third-order valence-electron chi connectivity index (χ3n) is 4.19. The number of hydrogen-bond donors (Lipinski definition) is 2. The van der Waals surface area contributed by atoms with E-state index >= 15 is 0 Å². The van der Waals surface area contributed by atoms with E-state index in [1.807, 2.05) is 13.8 Å². The van der Waals surface area contributed by atoms with Gasteiger partial charge in [-0.05, 0) is 0 Å². The average Bonchev–Trinajstić information content (AvgIpc) is 2.78. The molecular weight excluding hydrogens is 439 g/mol. The van der Waals surface area contributed by atoms with Crippen molar-refractivity contribution in [2.45, 2.75) is 33.9 Å². The summed E-state index contributed by atoms with van der Waals surface area (Å²) in [4.78, 5) is 34.3. The molecule has 0 bridgehead atoms. The van der Waals surface area contributed by atoms with Crippen molar-refractivity contribution < 1.29 is 42.5 Å². The van der Waals surface area contributed by atoms with Crippen molar-refractivity contribution in [3.63, 3.8) is 0 Å². The fraction of sp³-hybridized carbons (Fsp3) is 0.864. The summed E-state index contributed by atoms with van der Waals surface area (Å²) >= 11 is 0. The molecule has 0 saturated heterocycles. The number of Topliss-reactive ketones (excluding diaryl/α,β-unsaturated/α-hetero) is 1. The van der Waals surface area contributed by atoms with E-state index in [1.165, 1.54) is 0 Å². The number of halogens is 1. The highest BCUT2D eigenvalue weighted by Gasteiger charge is 2.18. The highest BCUT2D eigenvalue weighted by Crippen LogP contribution is 1.95. The molecule has 194 valence electrons. The van der Waals surface area contributed by atoms with E-state index in [1.54, 1.807) is 13.8 Å². The summed E-state index contributed by atoms with van der Waals surface area (Å²) in [6.45, 7) is 10.4. The summed E-state index contributed by atoms with van der Waals surface area (Å²) < 4.78 is 40.2. The van der Waals surface area contributed by atoms with Crippen LogP contribution in [0.2, 0.25) is 0 Å². The van der Waals surface area contributed by atoms with Gasteiger partial charge in [0.15, 0.2) is 12.0 Å². The minimum Gasteiger partial charge on any atom is -0.377 e. The van der Waals surface area contributed by atoms with Crippen molar-refractivity contribution >= 4 is 17.6 Å². The van der Waals surface area contributed by atoms with Crippen LogP contribution in [0.1, 0.15) is 27.7 Å². The largest absolute Gasteiger partial charge is 0.377 e. The van der Waals surface area contributed by atoms with Crippen molar-refractivity contribution in [1.29, 1.82) is 0 Å². The van der Waals surface area contributed by atoms with Crippen LogP contribution >= 0.6 is 0 Å². The van der Waals surface area contributed by atoms with Gasteiger partial charge in [-0.15, -0.1) is 0 Å². The predicted octanol–water partition coefficient (Wildman–Crippen LogP) is 0.521. The van der Waals surface area contributed by atoms with Gasteiger partial charge in [0.2, 0.25) is 5.91 Å². The van der Waals surface area contributed by atoms with E-state index in [0.29, 0.717) is 52.9 Å². The number of hydrogen-bond acceptors (Lipinski definition) is 8. The predicted molar refractivity (Wildman–Crippen MR) is 120 cm³/mol. The zero-order chi connectivity index (χ0) is 24.9. The molecule has 0 spiro atoms. The fourth-order valence-corrected chi connectivity index (χ4v) is 2.06.